The Morgan fingerprint density at radius 2 is 1.71 bits per heavy atom. The van der Waals surface area contributed by atoms with Gasteiger partial charge < -0.3 is 25.3 Å². The van der Waals surface area contributed by atoms with Crippen LogP contribution in [0.3, 0.4) is 0 Å². The predicted octanol–water partition coefficient (Wildman–Crippen LogP) is 2.22. The van der Waals surface area contributed by atoms with E-state index in [0.29, 0.717) is 37.4 Å². The number of rotatable bonds is 6. The molecule has 12 heteroatoms. The highest BCUT2D eigenvalue weighted by atomic mass is 19.4. The van der Waals surface area contributed by atoms with E-state index in [4.69, 9.17) is 4.98 Å². The zero-order valence-electron chi connectivity index (χ0n) is 20.0. The van der Waals surface area contributed by atoms with Crippen molar-refractivity contribution in [3.63, 3.8) is 0 Å². The van der Waals surface area contributed by atoms with Gasteiger partial charge in [0.2, 0.25) is 23.8 Å². The zero-order chi connectivity index (χ0) is 25.0. The van der Waals surface area contributed by atoms with Gasteiger partial charge in [-0.1, -0.05) is 18.2 Å². The maximum Gasteiger partial charge on any atom is 0.416 e. The van der Waals surface area contributed by atoms with Gasteiger partial charge in [0.1, 0.15) is 0 Å². The number of carbonyl (C=O) groups excluding carboxylic acids is 1. The van der Waals surface area contributed by atoms with Gasteiger partial charge in [-0.3, -0.25) is 4.79 Å². The number of halogens is 3. The van der Waals surface area contributed by atoms with E-state index in [0.717, 1.165) is 38.7 Å². The molecule has 190 valence electrons. The van der Waals surface area contributed by atoms with E-state index in [1.807, 2.05) is 4.90 Å². The molecule has 1 aromatic heterocycles. The van der Waals surface area contributed by atoms with Gasteiger partial charge in [0.25, 0.3) is 0 Å². The summed E-state index contributed by atoms with van der Waals surface area (Å²) in [5.74, 6) is 0.915. The number of nitrogens with zero attached hydrogens (tertiary/aromatic N) is 6. The Morgan fingerprint density at radius 3 is 2.40 bits per heavy atom. The molecule has 0 bridgehead atoms. The first-order chi connectivity index (χ1) is 16.7. The molecule has 0 saturated carbocycles. The van der Waals surface area contributed by atoms with Gasteiger partial charge in [-0.15, -0.1) is 0 Å². The lowest BCUT2D eigenvalue weighted by Crippen LogP contribution is -2.46. The predicted molar refractivity (Wildman–Crippen MR) is 127 cm³/mol. The van der Waals surface area contributed by atoms with E-state index in [-0.39, 0.29) is 23.9 Å². The lowest BCUT2D eigenvalue weighted by atomic mass is 9.97. The lowest BCUT2D eigenvalue weighted by Gasteiger charge is -2.34. The summed E-state index contributed by atoms with van der Waals surface area (Å²) < 4.78 is 39.8. The van der Waals surface area contributed by atoms with Crippen LogP contribution in [0, 0.1) is 5.92 Å². The number of anilines is 3. The SMILES string of the molecule is CNc1nc(N2CCN(C)CC2)nc(N2CCCC(C(=O)NCc3ccccc3C(F)(F)F)C2)n1. The molecule has 0 aliphatic carbocycles. The number of alkyl halides is 3. The van der Waals surface area contributed by atoms with Crippen molar-refractivity contribution in [2.45, 2.75) is 25.6 Å². The molecular formula is C23H31F3N8O. The highest BCUT2D eigenvalue weighted by Gasteiger charge is 2.33. The fraction of sp³-hybridized carbons (Fsp3) is 0.565. The minimum Gasteiger partial charge on any atom is -0.357 e. The molecule has 2 aliphatic heterocycles. The smallest absolute Gasteiger partial charge is 0.357 e. The van der Waals surface area contributed by atoms with Crippen molar-refractivity contribution < 1.29 is 18.0 Å². The standard InChI is InChI=1S/C23H31F3N8O/c1-27-20-29-21(33-12-10-32(2)11-13-33)31-22(30-20)34-9-5-7-17(15-34)19(35)28-14-16-6-3-4-8-18(16)23(24,25)26/h3-4,6,8,17H,5,7,9-15H2,1-2H3,(H,28,35)(H,27,29,30,31). The Bertz CT molecular complexity index is 1030. The first-order valence-corrected chi connectivity index (χ1v) is 11.8. The summed E-state index contributed by atoms with van der Waals surface area (Å²) in [6.07, 6.45) is -3.06. The van der Waals surface area contributed by atoms with Gasteiger partial charge in [0, 0.05) is 52.9 Å². The largest absolute Gasteiger partial charge is 0.416 e. The van der Waals surface area contributed by atoms with Gasteiger partial charge in [-0.25, -0.2) is 0 Å². The molecule has 1 atom stereocenters. The normalized spacial score (nSPS) is 19.5. The minimum absolute atomic E-state index is 0.0500. The summed E-state index contributed by atoms with van der Waals surface area (Å²) >= 11 is 0. The Hall–Kier alpha value is -3.15. The van der Waals surface area contributed by atoms with E-state index in [2.05, 4.69) is 37.4 Å². The maximum absolute atomic E-state index is 13.3. The quantitative estimate of drug-likeness (QED) is 0.635. The molecule has 0 radical (unpaired) electrons. The van der Waals surface area contributed by atoms with Crippen LogP contribution in [0.4, 0.5) is 31.0 Å². The van der Waals surface area contributed by atoms with Crippen molar-refractivity contribution >= 4 is 23.8 Å². The molecule has 2 N–H and O–H groups in total. The molecule has 0 spiro atoms. The van der Waals surface area contributed by atoms with Gasteiger partial charge in [-0.2, -0.15) is 28.1 Å². The Morgan fingerprint density at radius 1 is 1.03 bits per heavy atom. The van der Waals surface area contributed by atoms with Crippen LogP contribution in [0.5, 0.6) is 0 Å². The summed E-state index contributed by atoms with van der Waals surface area (Å²) in [7, 11) is 3.83. The van der Waals surface area contributed by atoms with Crippen molar-refractivity contribution in [1.29, 1.82) is 0 Å². The third-order valence-electron chi connectivity index (χ3n) is 6.47. The molecular weight excluding hydrogens is 461 g/mol. The Labute approximate surface area is 202 Å². The lowest BCUT2D eigenvalue weighted by molar-refractivity contribution is -0.138. The van der Waals surface area contributed by atoms with Crippen LogP contribution in [0.1, 0.15) is 24.0 Å². The number of benzene rings is 1. The molecule has 2 aliphatic rings. The molecule has 4 rings (SSSR count). The molecule has 9 nitrogen and oxygen atoms in total. The Balaban J connectivity index is 1.44. The molecule has 1 aromatic carbocycles. The first-order valence-electron chi connectivity index (χ1n) is 11.8. The second kappa shape index (κ2) is 10.6. The van der Waals surface area contributed by atoms with E-state index in [1.54, 1.807) is 7.05 Å². The van der Waals surface area contributed by atoms with Crippen molar-refractivity contribution in [3.8, 4) is 0 Å². The van der Waals surface area contributed by atoms with E-state index in [9.17, 15) is 18.0 Å². The highest BCUT2D eigenvalue weighted by Crippen LogP contribution is 2.32. The third-order valence-corrected chi connectivity index (χ3v) is 6.47. The second-order valence-electron chi connectivity index (χ2n) is 8.96. The van der Waals surface area contributed by atoms with E-state index >= 15 is 0 Å². The fourth-order valence-electron chi connectivity index (χ4n) is 4.41. The fourth-order valence-corrected chi connectivity index (χ4v) is 4.41. The van der Waals surface area contributed by atoms with Crippen LogP contribution in [-0.4, -0.2) is 79.1 Å². The van der Waals surface area contributed by atoms with E-state index < -0.39 is 11.7 Å². The van der Waals surface area contributed by atoms with Crippen LogP contribution in [0.25, 0.3) is 0 Å². The zero-order valence-corrected chi connectivity index (χ0v) is 20.0. The van der Waals surface area contributed by atoms with Gasteiger partial charge >= 0.3 is 6.18 Å². The number of piperidine rings is 1. The molecule has 3 heterocycles. The van der Waals surface area contributed by atoms with Crippen LogP contribution in [0.15, 0.2) is 24.3 Å². The number of amides is 1. The summed E-state index contributed by atoms with van der Waals surface area (Å²) in [6.45, 7) is 4.37. The van der Waals surface area contributed by atoms with Gasteiger partial charge in [-0.05, 0) is 31.5 Å². The number of aromatic nitrogens is 3. The van der Waals surface area contributed by atoms with Crippen LogP contribution in [-0.2, 0) is 17.5 Å². The topological polar surface area (TPSA) is 89.5 Å². The van der Waals surface area contributed by atoms with Crippen LogP contribution in [0.2, 0.25) is 0 Å². The van der Waals surface area contributed by atoms with Gasteiger partial charge in [0.15, 0.2) is 0 Å². The first kappa shape index (κ1) is 25.0. The maximum atomic E-state index is 13.3. The number of nitrogens with one attached hydrogen (secondary N) is 2. The number of piperazine rings is 1. The average molecular weight is 493 g/mol. The number of hydrogen-bond donors (Lipinski definition) is 2. The number of likely N-dealkylation sites (N-methyl/N-ethyl adjacent to an activating group) is 1. The molecule has 2 fully saturated rings. The minimum atomic E-state index is -4.46. The third kappa shape index (κ3) is 6.11. The number of hydrogen-bond acceptors (Lipinski definition) is 8. The van der Waals surface area contributed by atoms with Crippen molar-refractivity contribution in [2.75, 3.05) is 68.5 Å². The van der Waals surface area contributed by atoms with Gasteiger partial charge in [0.05, 0.1) is 11.5 Å². The average Bonchev–Trinajstić information content (AvgIpc) is 2.87. The molecule has 1 unspecified atom stereocenters. The molecule has 2 aromatic rings. The summed E-state index contributed by atoms with van der Waals surface area (Å²) in [5.41, 5.74) is -0.680. The monoisotopic (exact) mass is 492 g/mol. The van der Waals surface area contributed by atoms with Crippen molar-refractivity contribution in [1.82, 2.24) is 25.2 Å². The van der Waals surface area contributed by atoms with E-state index in [1.165, 1.54) is 18.2 Å². The van der Waals surface area contributed by atoms with Crippen molar-refractivity contribution in [2.24, 2.45) is 5.92 Å². The summed E-state index contributed by atoms with van der Waals surface area (Å²) in [6, 6.07) is 5.30. The second-order valence-corrected chi connectivity index (χ2v) is 8.96. The van der Waals surface area contributed by atoms with Crippen molar-refractivity contribution in [3.05, 3.63) is 35.4 Å². The van der Waals surface area contributed by atoms with Crippen LogP contribution >= 0.6 is 0 Å². The number of carbonyl (C=O) groups is 1. The Kier molecular flexibility index (Phi) is 7.58. The summed E-state index contributed by atoms with van der Waals surface area (Å²) in [4.78, 5) is 32.9. The van der Waals surface area contributed by atoms with Crippen LogP contribution < -0.4 is 20.4 Å². The molecule has 35 heavy (non-hydrogen) atoms. The summed E-state index contributed by atoms with van der Waals surface area (Å²) in [5, 5.41) is 5.69. The highest BCUT2D eigenvalue weighted by molar-refractivity contribution is 5.79. The molecule has 1 amide bonds. The molecule has 2 saturated heterocycles.